The largest absolute Gasteiger partial charge is 0.482 e. The van der Waals surface area contributed by atoms with Crippen LogP contribution in [0.4, 0.5) is 11.6 Å². The number of hydrogen-bond donors (Lipinski definition) is 1. The summed E-state index contributed by atoms with van der Waals surface area (Å²) in [6.45, 7) is 7.08. The summed E-state index contributed by atoms with van der Waals surface area (Å²) in [4.78, 5) is 25.1. The summed E-state index contributed by atoms with van der Waals surface area (Å²) < 4.78 is 29.6. The molecule has 0 radical (unpaired) electrons. The lowest BCUT2D eigenvalue weighted by molar-refractivity contribution is -0.123. The maximum atomic E-state index is 11.9. The van der Waals surface area contributed by atoms with E-state index in [0.29, 0.717) is 28.8 Å². The van der Waals surface area contributed by atoms with Crippen LogP contribution in [0.25, 0.3) is 6.08 Å². The van der Waals surface area contributed by atoms with E-state index in [1.54, 1.807) is 17.2 Å². The summed E-state index contributed by atoms with van der Waals surface area (Å²) >= 11 is 6.49. The van der Waals surface area contributed by atoms with Crippen molar-refractivity contribution in [2.45, 2.75) is 26.7 Å². The average molecular weight is 485 g/mol. The molecule has 1 aromatic carbocycles. The minimum atomic E-state index is -2.55. The summed E-state index contributed by atoms with van der Waals surface area (Å²) in [5, 5.41) is 2.74. The summed E-state index contributed by atoms with van der Waals surface area (Å²) in [7, 11) is 3.16. The number of hydrogen-bond acceptors (Lipinski definition) is 6. The van der Waals surface area contributed by atoms with Gasteiger partial charge in [-0.25, -0.2) is 9.97 Å². The van der Waals surface area contributed by atoms with E-state index in [-0.39, 0.29) is 24.0 Å². The zero-order valence-corrected chi connectivity index (χ0v) is 20.7. The number of ether oxygens (including phenoxy) is 1. The lowest BCUT2D eigenvalue weighted by Gasteiger charge is -2.35. The Hall–Kier alpha value is -3.06. The third-order valence-corrected chi connectivity index (χ3v) is 6.36. The van der Waals surface area contributed by atoms with Crippen LogP contribution >= 0.6 is 11.6 Å². The van der Waals surface area contributed by atoms with Crippen molar-refractivity contribution < 1.29 is 13.6 Å². The van der Waals surface area contributed by atoms with Crippen molar-refractivity contribution in [1.82, 2.24) is 15.3 Å². The maximum Gasteiger partial charge on any atom is 0.257 e. The molecule has 0 bridgehead atoms. The van der Waals surface area contributed by atoms with Gasteiger partial charge in [-0.2, -0.15) is 0 Å². The monoisotopic (exact) mass is 484 g/mol. The number of rotatable bonds is 6. The number of amides is 1. The molecule has 34 heavy (non-hydrogen) atoms. The van der Waals surface area contributed by atoms with Gasteiger partial charge in [0.2, 0.25) is 5.95 Å². The van der Waals surface area contributed by atoms with Crippen LogP contribution in [-0.2, 0) is 16.0 Å². The number of anilines is 2. The van der Waals surface area contributed by atoms with Crippen molar-refractivity contribution in [2.75, 3.05) is 43.5 Å². The van der Waals surface area contributed by atoms with E-state index in [4.69, 9.17) is 25.4 Å². The third-order valence-electron chi connectivity index (χ3n) is 6.04. The van der Waals surface area contributed by atoms with Gasteiger partial charge in [0.25, 0.3) is 5.91 Å². The molecule has 0 spiro atoms. The molecule has 3 heterocycles. The number of piperidine rings is 1. The maximum absolute atomic E-state index is 11.9. The molecule has 2 aliphatic rings. The molecule has 2 aromatic rings. The molecule has 0 saturated carbocycles. The molecular weight excluding hydrogens is 450 g/mol. The molecule has 1 fully saturated rings. The van der Waals surface area contributed by atoms with E-state index in [9.17, 15) is 4.79 Å². The van der Waals surface area contributed by atoms with Crippen LogP contribution in [0.15, 0.2) is 42.4 Å². The van der Waals surface area contributed by atoms with Crippen LogP contribution < -0.4 is 15.1 Å². The second kappa shape index (κ2) is 10.1. The van der Waals surface area contributed by atoms with Crippen molar-refractivity contribution in [1.29, 1.82) is 0 Å². The van der Waals surface area contributed by atoms with E-state index in [2.05, 4.69) is 35.6 Å². The number of fused-ring (bicyclic) bond motifs is 1. The second-order valence-electron chi connectivity index (χ2n) is 8.88. The SMILES string of the molecule is [2H]C1[C@H](C)CN(c2ncc(Cl)c(Cc3ccc4c(c3)C=C(OC([2H])([2H])C(=O)NC)C(=C)N4C)n2)C[C@@H]1C. The summed E-state index contributed by atoms with van der Waals surface area (Å²) in [6.07, 6.45) is 3.68. The van der Waals surface area contributed by atoms with Gasteiger partial charge in [-0.15, -0.1) is 0 Å². The van der Waals surface area contributed by atoms with Crippen LogP contribution in [0, 0.1) is 11.8 Å². The first-order valence-corrected chi connectivity index (χ1v) is 11.7. The van der Waals surface area contributed by atoms with Crippen molar-refractivity contribution in [3.05, 3.63) is 64.3 Å². The molecule has 1 unspecified atom stereocenters. The van der Waals surface area contributed by atoms with E-state index in [0.717, 1.165) is 29.9 Å². The minimum Gasteiger partial charge on any atom is -0.482 e. The molecular formula is C26H32ClN5O2. The Morgan fingerprint density at radius 2 is 2.12 bits per heavy atom. The Kier molecular flexibility index (Phi) is 6.01. The van der Waals surface area contributed by atoms with Crippen LogP contribution in [0.5, 0.6) is 0 Å². The molecule has 1 saturated heterocycles. The predicted molar refractivity (Wildman–Crippen MR) is 137 cm³/mol. The molecule has 180 valence electrons. The second-order valence-corrected chi connectivity index (χ2v) is 9.29. The Morgan fingerprint density at radius 1 is 1.38 bits per heavy atom. The van der Waals surface area contributed by atoms with Gasteiger partial charge in [0.1, 0.15) is 5.76 Å². The smallest absolute Gasteiger partial charge is 0.257 e. The number of carbonyl (C=O) groups excluding carboxylic acids is 1. The number of nitrogens with one attached hydrogen (secondary N) is 1. The first-order chi connectivity index (χ1) is 17.4. The normalized spacial score (nSPS) is 23.9. The fourth-order valence-corrected chi connectivity index (χ4v) is 4.55. The van der Waals surface area contributed by atoms with Crippen molar-refractivity contribution >= 4 is 35.2 Å². The van der Waals surface area contributed by atoms with Gasteiger partial charge in [0.05, 0.1) is 25.4 Å². The lowest BCUT2D eigenvalue weighted by Crippen LogP contribution is -2.39. The summed E-state index contributed by atoms with van der Waals surface area (Å²) in [5.74, 6) is 0.344. The van der Waals surface area contributed by atoms with E-state index < -0.39 is 12.5 Å². The first kappa shape index (κ1) is 20.3. The predicted octanol–water partition coefficient (Wildman–Crippen LogP) is 4.27. The van der Waals surface area contributed by atoms with Gasteiger partial charge in [-0.1, -0.05) is 38.1 Å². The van der Waals surface area contributed by atoms with Gasteiger partial charge in [-0.3, -0.25) is 4.79 Å². The zero-order chi connectivity index (χ0) is 27.1. The number of carbonyl (C=O) groups is 1. The van der Waals surface area contributed by atoms with Crippen molar-refractivity contribution in [3.8, 4) is 0 Å². The molecule has 4 rings (SSSR count). The molecule has 1 N–H and O–H groups in total. The highest BCUT2D eigenvalue weighted by Gasteiger charge is 2.25. The Labute approximate surface area is 210 Å². The Balaban J connectivity index is 1.60. The van der Waals surface area contributed by atoms with Crippen LogP contribution in [0.3, 0.4) is 0 Å². The summed E-state index contributed by atoms with van der Waals surface area (Å²) in [5.41, 5.74) is 3.75. The molecule has 8 heteroatoms. The van der Waals surface area contributed by atoms with E-state index in [1.165, 1.54) is 7.05 Å². The van der Waals surface area contributed by atoms with Crippen LogP contribution in [-0.4, -0.2) is 49.6 Å². The number of benzene rings is 1. The molecule has 7 nitrogen and oxygen atoms in total. The van der Waals surface area contributed by atoms with Crippen molar-refractivity contribution in [3.63, 3.8) is 0 Å². The van der Waals surface area contributed by atoms with Crippen LogP contribution in [0.2, 0.25) is 5.02 Å². The average Bonchev–Trinajstić information content (AvgIpc) is 2.85. The number of likely N-dealkylation sites (N-methyl/N-ethyl adjacent to an activating group) is 2. The van der Waals surface area contributed by atoms with Gasteiger partial charge < -0.3 is 19.9 Å². The highest BCUT2D eigenvalue weighted by Crippen LogP contribution is 2.35. The molecule has 2 aliphatic heterocycles. The Morgan fingerprint density at radius 3 is 2.82 bits per heavy atom. The van der Waals surface area contributed by atoms with Crippen molar-refractivity contribution in [2.24, 2.45) is 11.8 Å². The number of aromatic nitrogens is 2. The van der Waals surface area contributed by atoms with E-state index in [1.807, 2.05) is 25.2 Å². The van der Waals surface area contributed by atoms with E-state index >= 15 is 0 Å². The van der Waals surface area contributed by atoms with Gasteiger partial charge in [0, 0.05) is 46.2 Å². The zero-order valence-electron chi connectivity index (χ0n) is 22.9. The quantitative estimate of drug-likeness (QED) is 0.660. The van der Waals surface area contributed by atoms with Gasteiger partial charge in [-0.05, 0) is 42.0 Å². The standard InChI is InChI=1S/C26H32ClN5O2/c1-16-8-17(2)14-32(13-16)26-29-12-21(27)22(30-26)10-19-6-7-23-20(9-19)11-24(18(3)31(23)5)34-15-25(33)28-4/h6-7,9,11-12,16-17H,3,8,10,13-15H2,1-2,4-5H3,(H,28,33)/t16-,17+/i8D,15D2/t8?,16-,17+. The van der Waals surface area contributed by atoms with Crippen LogP contribution in [0.1, 0.15) is 41.2 Å². The third kappa shape index (κ3) is 5.20. The molecule has 1 aromatic heterocycles. The highest BCUT2D eigenvalue weighted by atomic mass is 35.5. The fourth-order valence-electron chi connectivity index (χ4n) is 4.39. The van der Waals surface area contributed by atoms with Gasteiger partial charge in [0.15, 0.2) is 6.56 Å². The van der Waals surface area contributed by atoms with Gasteiger partial charge >= 0.3 is 0 Å². The summed E-state index contributed by atoms with van der Waals surface area (Å²) in [6, 6.07) is 5.90. The topological polar surface area (TPSA) is 70.6 Å². The highest BCUT2D eigenvalue weighted by molar-refractivity contribution is 6.31. The lowest BCUT2D eigenvalue weighted by atomic mass is 9.92. The first-order valence-electron chi connectivity index (χ1n) is 12.9. The fraction of sp³-hybridized carbons (Fsp3) is 0.423. The molecule has 3 atom stereocenters. The number of halogens is 1. The molecule has 1 amide bonds. The Bertz CT molecular complexity index is 1240. The molecule has 0 aliphatic carbocycles. The minimum absolute atomic E-state index is 0.0960. The number of nitrogens with zero attached hydrogens (tertiary/aromatic N) is 4.